The van der Waals surface area contributed by atoms with Gasteiger partial charge in [0.1, 0.15) is 0 Å². The highest BCUT2D eigenvalue weighted by molar-refractivity contribution is 5.82. The van der Waals surface area contributed by atoms with Gasteiger partial charge in [-0.2, -0.15) is 0 Å². The molecular formula is C23H33NO4. The van der Waals surface area contributed by atoms with E-state index in [1.54, 1.807) is 0 Å². The molecule has 0 bridgehead atoms. The Labute approximate surface area is 168 Å². The van der Waals surface area contributed by atoms with Crippen LogP contribution in [0, 0.1) is 11.3 Å². The smallest absolute Gasteiger partial charge is 0.313 e. The van der Waals surface area contributed by atoms with Gasteiger partial charge in [-0.05, 0) is 57.4 Å². The van der Waals surface area contributed by atoms with Crippen molar-refractivity contribution in [3.05, 3.63) is 35.9 Å². The lowest BCUT2D eigenvalue weighted by Crippen LogP contribution is -2.52. The molecule has 1 aromatic rings. The van der Waals surface area contributed by atoms with Crippen LogP contribution < -0.4 is 0 Å². The monoisotopic (exact) mass is 387 g/mol. The molecule has 0 aliphatic carbocycles. The highest BCUT2D eigenvalue weighted by Gasteiger charge is 2.45. The summed E-state index contributed by atoms with van der Waals surface area (Å²) < 4.78 is 10.9. The number of nitrogens with zero attached hydrogens (tertiary/aromatic N) is 1. The quantitative estimate of drug-likeness (QED) is 0.671. The molecule has 2 fully saturated rings. The Kier molecular flexibility index (Phi) is 7.49. The number of hydrogen-bond acceptors (Lipinski definition) is 4. The molecule has 3 rings (SSSR count). The largest absolute Gasteiger partial charge is 0.466 e. The third kappa shape index (κ3) is 5.13. The Bertz CT molecular complexity index is 641. The van der Waals surface area contributed by atoms with Crippen molar-refractivity contribution in [3.63, 3.8) is 0 Å². The molecule has 0 aromatic heterocycles. The van der Waals surface area contributed by atoms with E-state index >= 15 is 0 Å². The molecule has 5 heteroatoms. The molecular weight excluding hydrogens is 354 g/mol. The van der Waals surface area contributed by atoms with Crippen molar-refractivity contribution >= 4 is 11.9 Å². The molecule has 1 atom stereocenters. The molecule has 1 aromatic carbocycles. The Hall–Kier alpha value is -1.88. The maximum Gasteiger partial charge on any atom is 0.313 e. The first-order valence-electron chi connectivity index (χ1n) is 10.7. The number of aryl methyl sites for hydroxylation is 1. The van der Waals surface area contributed by atoms with Gasteiger partial charge in [0.05, 0.1) is 12.0 Å². The zero-order chi connectivity index (χ0) is 19.8. The van der Waals surface area contributed by atoms with Crippen LogP contribution in [0.4, 0.5) is 0 Å². The van der Waals surface area contributed by atoms with E-state index in [1.807, 2.05) is 30.0 Å². The molecule has 154 valence electrons. The number of benzene rings is 1. The minimum Gasteiger partial charge on any atom is -0.466 e. The fourth-order valence-electron chi connectivity index (χ4n) is 4.56. The second-order valence-electron chi connectivity index (χ2n) is 8.09. The predicted octanol–water partition coefficient (Wildman–Crippen LogP) is 3.61. The summed E-state index contributed by atoms with van der Waals surface area (Å²) >= 11 is 0. The average Bonchev–Trinajstić information content (AvgIpc) is 2.75. The number of carbonyl (C=O) groups is 2. The van der Waals surface area contributed by atoms with Crippen LogP contribution in [0.1, 0.15) is 51.0 Å². The fraction of sp³-hybridized carbons (Fsp3) is 0.652. The molecule has 0 spiro atoms. The Balaban J connectivity index is 1.67. The van der Waals surface area contributed by atoms with Crippen LogP contribution in [0.25, 0.3) is 0 Å². The number of ether oxygens (including phenoxy) is 2. The van der Waals surface area contributed by atoms with Crippen molar-refractivity contribution < 1.29 is 19.1 Å². The minimum absolute atomic E-state index is 0.0380. The van der Waals surface area contributed by atoms with Crippen LogP contribution in [0.2, 0.25) is 0 Å². The molecule has 0 saturated carbocycles. The zero-order valence-electron chi connectivity index (χ0n) is 17.0. The lowest BCUT2D eigenvalue weighted by atomic mass is 9.75. The lowest BCUT2D eigenvalue weighted by molar-refractivity contribution is -0.162. The van der Waals surface area contributed by atoms with Gasteiger partial charge in [-0.25, -0.2) is 0 Å². The van der Waals surface area contributed by atoms with E-state index in [4.69, 9.17) is 9.47 Å². The minimum atomic E-state index is -0.566. The summed E-state index contributed by atoms with van der Waals surface area (Å²) in [7, 11) is 0. The topological polar surface area (TPSA) is 55.8 Å². The molecule has 1 amide bonds. The van der Waals surface area contributed by atoms with E-state index in [-0.39, 0.29) is 17.8 Å². The first-order valence-corrected chi connectivity index (χ1v) is 10.7. The highest BCUT2D eigenvalue weighted by atomic mass is 16.5. The summed E-state index contributed by atoms with van der Waals surface area (Å²) in [5.41, 5.74) is 0.719. The Morgan fingerprint density at radius 1 is 1.21 bits per heavy atom. The molecule has 5 nitrogen and oxygen atoms in total. The maximum absolute atomic E-state index is 13.0. The molecule has 2 aliphatic heterocycles. The van der Waals surface area contributed by atoms with E-state index in [0.29, 0.717) is 26.4 Å². The van der Waals surface area contributed by atoms with Gasteiger partial charge in [-0.1, -0.05) is 30.3 Å². The van der Waals surface area contributed by atoms with E-state index in [2.05, 4.69) is 12.1 Å². The van der Waals surface area contributed by atoms with Crippen LogP contribution in [-0.2, 0) is 25.5 Å². The van der Waals surface area contributed by atoms with E-state index < -0.39 is 5.41 Å². The van der Waals surface area contributed by atoms with Gasteiger partial charge in [-0.3, -0.25) is 9.59 Å². The number of carbonyl (C=O) groups excluding carboxylic acids is 2. The number of hydrogen-bond donors (Lipinski definition) is 0. The van der Waals surface area contributed by atoms with Crippen LogP contribution in [0.3, 0.4) is 0 Å². The predicted molar refractivity (Wildman–Crippen MR) is 108 cm³/mol. The number of likely N-dealkylation sites (tertiary alicyclic amines) is 1. The third-order valence-corrected chi connectivity index (χ3v) is 6.13. The Morgan fingerprint density at radius 2 is 1.96 bits per heavy atom. The number of piperidine rings is 1. The van der Waals surface area contributed by atoms with Gasteiger partial charge >= 0.3 is 5.97 Å². The zero-order valence-corrected chi connectivity index (χ0v) is 17.0. The first-order chi connectivity index (χ1) is 13.6. The van der Waals surface area contributed by atoms with E-state index in [9.17, 15) is 9.59 Å². The van der Waals surface area contributed by atoms with Crippen LogP contribution in [0.5, 0.6) is 0 Å². The van der Waals surface area contributed by atoms with Gasteiger partial charge in [-0.15, -0.1) is 0 Å². The van der Waals surface area contributed by atoms with Crippen LogP contribution in [-0.4, -0.2) is 49.7 Å². The van der Waals surface area contributed by atoms with Gasteiger partial charge in [0.25, 0.3) is 0 Å². The van der Waals surface area contributed by atoms with Crippen molar-refractivity contribution in [3.8, 4) is 0 Å². The Morgan fingerprint density at radius 3 is 2.68 bits per heavy atom. The summed E-state index contributed by atoms with van der Waals surface area (Å²) in [4.78, 5) is 27.9. The van der Waals surface area contributed by atoms with Crippen molar-refractivity contribution in [1.29, 1.82) is 0 Å². The second kappa shape index (κ2) is 10.1. The summed E-state index contributed by atoms with van der Waals surface area (Å²) in [6, 6.07) is 10.4. The number of esters is 1. The van der Waals surface area contributed by atoms with E-state index in [1.165, 1.54) is 5.56 Å². The fourth-order valence-corrected chi connectivity index (χ4v) is 4.56. The van der Waals surface area contributed by atoms with Gasteiger partial charge < -0.3 is 14.4 Å². The average molecular weight is 388 g/mol. The lowest BCUT2D eigenvalue weighted by Gasteiger charge is -2.42. The molecule has 2 aliphatic rings. The summed E-state index contributed by atoms with van der Waals surface area (Å²) in [5.74, 6) is 0.100. The van der Waals surface area contributed by atoms with Crippen molar-refractivity contribution in [2.75, 3.05) is 32.9 Å². The molecule has 0 unspecified atom stereocenters. The van der Waals surface area contributed by atoms with E-state index in [0.717, 1.165) is 51.5 Å². The molecule has 28 heavy (non-hydrogen) atoms. The van der Waals surface area contributed by atoms with Gasteiger partial charge in [0.15, 0.2) is 0 Å². The molecule has 0 N–H and O–H groups in total. The first kappa shape index (κ1) is 20.8. The summed E-state index contributed by atoms with van der Waals surface area (Å²) in [5, 5.41) is 0. The highest BCUT2D eigenvalue weighted by Crippen LogP contribution is 2.37. The summed E-state index contributed by atoms with van der Waals surface area (Å²) in [6.07, 6.45) is 5.86. The molecule has 0 radical (unpaired) electrons. The standard InChI is InChI=1S/C23H33NO4/c1-2-28-22(26)23(13-6-10-19-8-4-3-5-9-19)14-7-15-24(18-23)21(25)20-11-16-27-17-12-20/h3-5,8-9,20H,2,6-7,10-18H2,1H3/t23-/m1/s1. The van der Waals surface area contributed by atoms with Crippen molar-refractivity contribution in [2.24, 2.45) is 11.3 Å². The van der Waals surface area contributed by atoms with Gasteiger partial charge in [0.2, 0.25) is 5.91 Å². The molecule has 2 saturated heterocycles. The maximum atomic E-state index is 13.0. The van der Waals surface area contributed by atoms with Crippen molar-refractivity contribution in [2.45, 2.75) is 51.9 Å². The van der Waals surface area contributed by atoms with Crippen LogP contribution >= 0.6 is 0 Å². The summed E-state index contributed by atoms with van der Waals surface area (Å²) in [6.45, 7) is 4.79. The SMILES string of the molecule is CCOC(=O)[C@]1(CCCc2ccccc2)CCCN(C(=O)C2CCOCC2)C1. The normalized spacial score (nSPS) is 23.4. The third-order valence-electron chi connectivity index (χ3n) is 6.13. The second-order valence-corrected chi connectivity index (χ2v) is 8.09. The van der Waals surface area contributed by atoms with Gasteiger partial charge in [0, 0.05) is 32.2 Å². The number of rotatable bonds is 7. The van der Waals surface area contributed by atoms with Crippen LogP contribution in [0.15, 0.2) is 30.3 Å². The number of amides is 1. The van der Waals surface area contributed by atoms with Crippen molar-refractivity contribution in [1.82, 2.24) is 4.90 Å². The molecule has 2 heterocycles.